The van der Waals surface area contributed by atoms with Gasteiger partial charge in [-0.15, -0.1) is 0 Å². The third-order valence-electron chi connectivity index (χ3n) is 2.68. The van der Waals surface area contributed by atoms with E-state index in [0.717, 1.165) is 11.9 Å². The number of rotatable bonds is 6. The second-order valence-electron chi connectivity index (χ2n) is 3.92. The first-order chi connectivity index (χ1) is 6.45. The molecule has 2 fully saturated rings. The topological polar surface area (TPSA) is 12.5 Å². The van der Waals surface area contributed by atoms with E-state index in [1.54, 1.807) is 0 Å². The van der Waals surface area contributed by atoms with E-state index in [4.69, 9.17) is 4.74 Å². The molecule has 0 spiro atoms. The first-order valence-electron chi connectivity index (χ1n) is 5.35. The summed E-state index contributed by atoms with van der Waals surface area (Å²) in [5.74, 6) is 1.38. The molecule has 2 saturated heterocycles. The summed E-state index contributed by atoms with van der Waals surface area (Å²) < 4.78 is 5.18. The summed E-state index contributed by atoms with van der Waals surface area (Å²) >= 11 is 0. The van der Waals surface area contributed by atoms with Gasteiger partial charge in [0.2, 0.25) is 0 Å². The molecule has 0 aromatic rings. The van der Waals surface area contributed by atoms with Crippen molar-refractivity contribution < 1.29 is 4.74 Å². The van der Waals surface area contributed by atoms with Gasteiger partial charge >= 0.3 is 0 Å². The van der Waals surface area contributed by atoms with Crippen LogP contribution in [0.2, 0.25) is 0 Å². The van der Waals surface area contributed by atoms with Gasteiger partial charge in [-0.25, -0.2) is 0 Å². The minimum atomic E-state index is 0.649. The van der Waals surface area contributed by atoms with Gasteiger partial charge in [0.05, 0.1) is 12.7 Å². The van der Waals surface area contributed by atoms with Crippen LogP contribution in [-0.4, -0.2) is 23.7 Å². The van der Waals surface area contributed by atoms with Crippen molar-refractivity contribution >= 4 is 21.6 Å². The molecule has 0 aliphatic carbocycles. The van der Waals surface area contributed by atoms with E-state index in [1.165, 1.54) is 44.3 Å². The molecule has 2 heterocycles. The van der Waals surface area contributed by atoms with Gasteiger partial charge in [0, 0.05) is 11.0 Å². The zero-order chi connectivity index (χ0) is 8.93. The highest BCUT2D eigenvalue weighted by Gasteiger charge is 2.21. The van der Waals surface area contributed by atoms with Crippen LogP contribution in [0.1, 0.15) is 38.5 Å². The Morgan fingerprint density at radius 2 is 2.00 bits per heavy atom. The molecule has 13 heavy (non-hydrogen) atoms. The molecule has 2 atom stereocenters. The molecular weight excluding hydrogens is 200 g/mol. The van der Waals surface area contributed by atoms with Crippen LogP contribution in [0.15, 0.2) is 0 Å². The van der Waals surface area contributed by atoms with Crippen molar-refractivity contribution in [2.45, 2.75) is 49.9 Å². The van der Waals surface area contributed by atoms with E-state index in [2.05, 4.69) is 21.6 Å². The fourth-order valence-corrected chi connectivity index (χ4v) is 4.75. The number of hydrogen-bond donors (Lipinski definition) is 0. The van der Waals surface area contributed by atoms with Crippen LogP contribution in [0, 0.1) is 0 Å². The lowest BCUT2D eigenvalue weighted by molar-refractivity contribution is 0.388. The number of hydrogen-bond acceptors (Lipinski definition) is 3. The number of unbranched alkanes of at least 4 members (excludes halogenated alkanes) is 2. The lowest BCUT2D eigenvalue weighted by atomic mass is 10.1. The largest absolute Gasteiger partial charge is 0.373 e. The predicted octanol–water partition coefficient (Wildman–Crippen LogP) is 3.49. The van der Waals surface area contributed by atoms with Crippen molar-refractivity contribution in [2.75, 3.05) is 12.4 Å². The van der Waals surface area contributed by atoms with Gasteiger partial charge in [0.1, 0.15) is 0 Å². The molecule has 1 nitrogen and oxygen atoms in total. The van der Waals surface area contributed by atoms with Crippen LogP contribution in [0.5, 0.6) is 0 Å². The van der Waals surface area contributed by atoms with Crippen molar-refractivity contribution in [1.82, 2.24) is 0 Å². The lowest BCUT2D eigenvalue weighted by Gasteiger charge is -2.05. The third-order valence-corrected chi connectivity index (χ3v) is 5.69. The Bertz CT molecular complexity index is 142. The van der Waals surface area contributed by atoms with Crippen molar-refractivity contribution in [3.63, 3.8) is 0 Å². The maximum Gasteiger partial charge on any atom is 0.0810 e. The van der Waals surface area contributed by atoms with Crippen molar-refractivity contribution in [2.24, 2.45) is 0 Å². The number of ether oxygens (including phenoxy) is 1. The van der Waals surface area contributed by atoms with Crippen molar-refractivity contribution in [1.29, 1.82) is 0 Å². The lowest BCUT2D eigenvalue weighted by Crippen LogP contribution is -1.97. The van der Waals surface area contributed by atoms with E-state index in [1.807, 2.05) is 0 Å². The Kier molecular flexibility index (Phi) is 4.32. The van der Waals surface area contributed by atoms with Gasteiger partial charge in [0.25, 0.3) is 0 Å². The average molecular weight is 218 g/mol. The quantitative estimate of drug-likeness (QED) is 0.385. The van der Waals surface area contributed by atoms with E-state index in [0.29, 0.717) is 6.10 Å². The van der Waals surface area contributed by atoms with Crippen LogP contribution >= 0.6 is 21.6 Å². The highest BCUT2D eigenvalue weighted by Crippen LogP contribution is 2.39. The van der Waals surface area contributed by atoms with Gasteiger partial charge in [-0.05, 0) is 19.3 Å². The first-order valence-corrected chi connectivity index (χ1v) is 7.73. The zero-order valence-electron chi connectivity index (χ0n) is 8.04. The fraction of sp³-hybridized carbons (Fsp3) is 1.00. The monoisotopic (exact) mass is 218 g/mol. The van der Waals surface area contributed by atoms with Gasteiger partial charge in [-0.3, -0.25) is 0 Å². The molecule has 0 aromatic carbocycles. The molecule has 0 amide bonds. The summed E-state index contributed by atoms with van der Waals surface area (Å²) in [7, 11) is 4.17. The molecule has 2 aliphatic rings. The summed E-state index contributed by atoms with van der Waals surface area (Å²) in [6, 6.07) is 0. The highest BCUT2D eigenvalue weighted by atomic mass is 33.1. The Morgan fingerprint density at radius 1 is 1.15 bits per heavy atom. The SMILES string of the molecule is C(CCC1CO1)CCC1CCSS1. The van der Waals surface area contributed by atoms with Gasteiger partial charge in [-0.2, -0.15) is 0 Å². The second kappa shape index (κ2) is 5.52. The maximum atomic E-state index is 5.18. The summed E-state index contributed by atoms with van der Waals surface area (Å²) in [6.45, 7) is 1.04. The van der Waals surface area contributed by atoms with E-state index in [9.17, 15) is 0 Å². The minimum Gasteiger partial charge on any atom is -0.373 e. The minimum absolute atomic E-state index is 0.649. The standard InChI is InChI=1S/C10H18OS2/c1(2-4-9-8-11-9)3-5-10-6-7-12-13-10/h9-10H,1-8H2. The van der Waals surface area contributed by atoms with Crippen LogP contribution in [-0.2, 0) is 4.74 Å². The van der Waals surface area contributed by atoms with Crippen LogP contribution in [0.3, 0.4) is 0 Å². The van der Waals surface area contributed by atoms with E-state index in [-0.39, 0.29) is 0 Å². The van der Waals surface area contributed by atoms with Crippen molar-refractivity contribution in [3.05, 3.63) is 0 Å². The zero-order valence-corrected chi connectivity index (χ0v) is 9.67. The predicted molar refractivity (Wildman–Crippen MR) is 61.3 cm³/mol. The molecule has 2 aliphatic heterocycles. The first kappa shape index (κ1) is 10.2. The third kappa shape index (κ3) is 4.13. The summed E-state index contributed by atoms with van der Waals surface area (Å²) in [5.41, 5.74) is 0. The summed E-state index contributed by atoms with van der Waals surface area (Å²) in [5, 5.41) is 0.974. The fourth-order valence-electron chi connectivity index (χ4n) is 1.72. The van der Waals surface area contributed by atoms with E-state index >= 15 is 0 Å². The Labute approximate surface area is 88.8 Å². The Balaban J connectivity index is 1.39. The number of epoxide rings is 1. The molecule has 0 bridgehead atoms. The Hall–Kier alpha value is 0.660. The van der Waals surface area contributed by atoms with Gasteiger partial charge in [0.15, 0.2) is 0 Å². The van der Waals surface area contributed by atoms with Crippen LogP contribution < -0.4 is 0 Å². The summed E-state index contributed by atoms with van der Waals surface area (Å²) in [6.07, 6.45) is 9.09. The molecule has 0 N–H and O–H groups in total. The van der Waals surface area contributed by atoms with Crippen LogP contribution in [0.25, 0.3) is 0 Å². The molecule has 0 radical (unpaired) electrons. The molecule has 2 rings (SSSR count). The molecule has 76 valence electrons. The molecule has 0 aromatic heterocycles. The average Bonchev–Trinajstić information content (AvgIpc) is 2.81. The Morgan fingerprint density at radius 3 is 2.69 bits per heavy atom. The van der Waals surface area contributed by atoms with Crippen LogP contribution in [0.4, 0.5) is 0 Å². The highest BCUT2D eigenvalue weighted by molar-refractivity contribution is 8.77. The molecular formula is C10H18OS2. The molecule has 2 unspecified atom stereocenters. The smallest absolute Gasteiger partial charge is 0.0810 e. The molecule has 3 heteroatoms. The second-order valence-corrected chi connectivity index (χ2v) is 6.71. The van der Waals surface area contributed by atoms with Gasteiger partial charge in [-0.1, -0.05) is 40.9 Å². The van der Waals surface area contributed by atoms with Crippen molar-refractivity contribution in [3.8, 4) is 0 Å². The maximum absolute atomic E-state index is 5.18. The van der Waals surface area contributed by atoms with Gasteiger partial charge < -0.3 is 4.74 Å². The normalized spacial score (nSPS) is 32.3. The summed E-state index contributed by atoms with van der Waals surface area (Å²) in [4.78, 5) is 0. The van der Waals surface area contributed by atoms with E-state index < -0.39 is 0 Å². The molecule has 0 saturated carbocycles.